The second-order valence-electron chi connectivity index (χ2n) is 4.25. The number of rotatable bonds is 2. The van der Waals surface area contributed by atoms with Crippen LogP contribution < -0.4 is 9.64 Å². The number of ether oxygens (including phenoxy) is 1. The van der Waals surface area contributed by atoms with Crippen LogP contribution >= 0.6 is 0 Å². The van der Waals surface area contributed by atoms with Gasteiger partial charge in [0.2, 0.25) is 0 Å². The number of carboxylic acids is 1. The molecule has 1 aliphatic heterocycles. The van der Waals surface area contributed by atoms with E-state index < -0.39 is 5.97 Å². The van der Waals surface area contributed by atoms with E-state index in [4.69, 9.17) is 9.84 Å². The molecule has 8 nitrogen and oxygen atoms in total. The number of carbonyl (C=O) groups excluding carboxylic acids is 1. The molecular formula is C12H10N4O4. The Labute approximate surface area is 113 Å². The Bertz CT molecular complexity index is 709. The molecule has 0 fully saturated rings. The van der Waals surface area contributed by atoms with E-state index in [0.29, 0.717) is 17.1 Å². The van der Waals surface area contributed by atoms with Crippen molar-refractivity contribution < 1.29 is 19.4 Å². The molecule has 0 bridgehead atoms. The molecule has 20 heavy (non-hydrogen) atoms. The molecular weight excluding hydrogens is 264 g/mol. The molecule has 1 aromatic carbocycles. The van der Waals surface area contributed by atoms with Crippen LogP contribution in [0.4, 0.5) is 5.69 Å². The van der Waals surface area contributed by atoms with Crippen LogP contribution in [0.5, 0.6) is 5.75 Å². The highest BCUT2D eigenvalue weighted by Crippen LogP contribution is 2.32. The van der Waals surface area contributed by atoms with Gasteiger partial charge in [0.1, 0.15) is 5.75 Å². The van der Waals surface area contributed by atoms with Crippen molar-refractivity contribution >= 4 is 17.6 Å². The Hall–Kier alpha value is -2.90. The lowest BCUT2D eigenvalue weighted by atomic mass is 10.2. The molecule has 0 aliphatic carbocycles. The highest BCUT2D eigenvalue weighted by molar-refractivity contribution is 5.97. The third-order valence-corrected chi connectivity index (χ3v) is 3.01. The van der Waals surface area contributed by atoms with Crippen molar-refractivity contribution in [2.24, 2.45) is 0 Å². The molecule has 1 aliphatic rings. The van der Waals surface area contributed by atoms with Crippen molar-refractivity contribution in [2.45, 2.75) is 0 Å². The topological polar surface area (TPSA) is 97.5 Å². The number of fused-ring (bicyclic) bond motifs is 1. The van der Waals surface area contributed by atoms with Crippen LogP contribution in [0.3, 0.4) is 0 Å². The van der Waals surface area contributed by atoms with Crippen LogP contribution in [0.1, 0.15) is 10.5 Å². The summed E-state index contributed by atoms with van der Waals surface area (Å²) >= 11 is 0. The zero-order valence-electron chi connectivity index (χ0n) is 10.5. The summed E-state index contributed by atoms with van der Waals surface area (Å²) in [6.07, 6.45) is 1.31. The van der Waals surface area contributed by atoms with Gasteiger partial charge in [0.05, 0.1) is 17.6 Å². The smallest absolute Gasteiger partial charge is 0.358 e. The Morgan fingerprint density at radius 2 is 2.25 bits per heavy atom. The van der Waals surface area contributed by atoms with Gasteiger partial charge in [-0.1, -0.05) is 5.21 Å². The maximum Gasteiger partial charge on any atom is 0.358 e. The number of likely N-dealkylation sites (N-methyl/N-ethyl adjacent to an activating group) is 1. The van der Waals surface area contributed by atoms with Gasteiger partial charge >= 0.3 is 5.97 Å². The van der Waals surface area contributed by atoms with Gasteiger partial charge in [-0.15, -0.1) is 5.10 Å². The molecule has 1 amide bonds. The first-order chi connectivity index (χ1) is 9.56. The fraction of sp³-hybridized carbons (Fsp3) is 0.167. The summed E-state index contributed by atoms with van der Waals surface area (Å²) in [4.78, 5) is 23.8. The predicted octanol–water partition coefficient (Wildman–Crippen LogP) is 0.321. The highest BCUT2D eigenvalue weighted by atomic mass is 16.5. The number of aromatic carboxylic acids is 1. The molecule has 3 rings (SSSR count). The summed E-state index contributed by atoms with van der Waals surface area (Å²) in [6.45, 7) is -0.0231. The zero-order chi connectivity index (χ0) is 14.3. The van der Waals surface area contributed by atoms with Crippen molar-refractivity contribution in [2.75, 3.05) is 18.6 Å². The van der Waals surface area contributed by atoms with Crippen LogP contribution in [-0.4, -0.2) is 45.6 Å². The number of hydrogen-bond donors (Lipinski definition) is 1. The fourth-order valence-electron chi connectivity index (χ4n) is 1.90. The molecule has 0 spiro atoms. The number of carboxylic acid groups (broad SMARTS) is 1. The number of carbonyl (C=O) groups is 2. The molecule has 0 saturated carbocycles. The minimum atomic E-state index is -1.14. The molecule has 102 valence electrons. The van der Waals surface area contributed by atoms with Crippen molar-refractivity contribution in [3.8, 4) is 11.4 Å². The lowest BCUT2D eigenvalue weighted by Crippen LogP contribution is -2.35. The van der Waals surface area contributed by atoms with Crippen molar-refractivity contribution in [3.63, 3.8) is 0 Å². The molecule has 1 aromatic heterocycles. The predicted molar refractivity (Wildman–Crippen MR) is 67.2 cm³/mol. The largest absolute Gasteiger partial charge is 0.481 e. The lowest BCUT2D eigenvalue weighted by molar-refractivity contribution is -0.120. The first-order valence-electron chi connectivity index (χ1n) is 5.75. The highest BCUT2D eigenvalue weighted by Gasteiger charge is 2.22. The zero-order valence-corrected chi connectivity index (χ0v) is 10.5. The minimum Gasteiger partial charge on any atom is -0.481 e. The van der Waals surface area contributed by atoms with E-state index in [1.165, 1.54) is 15.8 Å². The van der Waals surface area contributed by atoms with Crippen LogP contribution in [0, 0.1) is 0 Å². The Morgan fingerprint density at radius 1 is 1.45 bits per heavy atom. The fourth-order valence-corrected chi connectivity index (χ4v) is 1.90. The summed E-state index contributed by atoms with van der Waals surface area (Å²) < 4.78 is 6.69. The summed E-state index contributed by atoms with van der Waals surface area (Å²) in [7, 11) is 1.67. The molecule has 2 heterocycles. The van der Waals surface area contributed by atoms with Crippen LogP contribution in [0.2, 0.25) is 0 Å². The monoisotopic (exact) mass is 274 g/mol. The van der Waals surface area contributed by atoms with Gasteiger partial charge < -0.3 is 14.7 Å². The second-order valence-corrected chi connectivity index (χ2v) is 4.25. The first-order valence-corrected chi connectivity index (χ1v) is 5.75. The maximum atomic E-state index is 11.5. The van der Waals surface area contributed by atoms with Crippen LogP contribution in [0.25, 0.3) is 5.69 Å². The molecule has 0 atom stereocenters. The molecule has 1 N–H and O–H groups in total. The molecule has 0 unspecified atom stereocenters. The average Bonchev–Trinajstić information content (AvgIpc) is 2.92. The maximum absolute atomic E-state index is 11.5. The number of aromatic nitrogens is 3. The van der Waals surface area contributed by atoms with Gasteiger partial charge in [-0.05, 0) is 12.1 Å². The Morgan fingerprint density at radius 3 is 2.95 bits per heavy atom. The summed E-state index contributed by atoms with van der Waals surface area (Å²) in [5, 5.41) is 16.1. The first kappa shape index (κ1) is 12.2. The summed E-state index contributed by atoms with van der Waals surface area (Å²) in [5.74, 6) is -0.730. The average molecular weight is 274 g/mol. The normalized spacial score (nSPS) is 13.8. The SMILES string of the molecule is CN1C(=O)COc2cc(-n3cc(C(=O)O)nn3)ccc21. The summed E-state index contributed by atoms with van der Waals surface area (Å²) in [5.41, 5.74) is 1.12. The quantitative estimate of drug-likeness (QED) is 0.847. The van der Waals surface area contributed by atoms with Gasteiger partial charge in [0.15, 0.2) is 12.3 Å². The molecule has 0 radical (unpaired) electrons. The Balaban J connectivity index is 2.00. The molecule has 8 heteroatoms. The third-order valence-electron chi connectivity index (χ3n) is 3.01. The van der Waals surface area contributed by atoms with E-state index in [1.807, 2.05) is 0 Å². The lowest BCUT2D eigenvalue weighted by Gasteiger charge is -2.26. The number of benzene rings is 1. The van der Waals surface area contributed by atoms with Crippen LogP contribution in [-0.2, 0) is 4.79 Å². The molecule has 0 saturated heterocycles. The van der Waals surface area contributed by atoms with E-state index in [0.717, 1.165) is 0 Å². The van der Waals surface area contributed by atoms with Gasteiger partial charge in [0, 0.05) is 13.1 Å². The van der Waals surface area contributed by atoms with Crippen molar-refractivity contribution in [3.05, 3.63) is 30.1 Å². The van der Waals surface area contributed by atoms with E-state index in [9.17, 15) is 9.59 Å². The number of nitrogens with zero attached hydrogens (tertiary/aromatic N) is 4. The van der Waals surface area contributed by atoms with E-state index in [1.54, 1.807) is 25.2 Å². The number of anilines is 1. The molecule has 2 aromatic rings. The van der Waals surface area contributed by atoms with Gasteiger partial charge in [-0.3, -0.25) is 4.79 Å². The van der Waals surface area contributed by atoms with E-state index >= 15 is 0 Å². The van der Waals surface area contributed by atoms with Crippen molar-refractivity contribution in [1.29, 1.82) is 0 Å². The Kier molecular flexibility index (Phi) is 2.63. The third kappa shape index (κ3) is 1.87. The minimum absolute atomic E-state index is 0.0231. The second kappa shape index (κ2) is 4.34. The van der Waals surface area contributed by atoms with E-state index in [-0.39, 0.29) is 18.2 Å². The number of hydrogen-bond acceptors (Lipinski definition) is 5. The van der Waals surface area contributed by atoms with Gasteiger partial charge in [-0.2, -0.15) is 0 Å². The van der Waals surface area contributed by atoms with Crippen molar-refractivity contribution in [1.82, 2.24) is 15.0 Å². The number of amides is 1. The van der Waals surface area contributed by atoms with Gasteiger partial charge in [-0.25, -0.2) is 9.48 Å². The van der Waals surface area contributed by atoms with E-state index in [2.05, 4.69) is 10.3 Å². The standard InChI is InChI=1S/C12H10N4O4/c1-15-9-3-2-7(4-10(9)20-6-11(15)17)16-5-8(12(18)19)13-14-16/h2-5H,6H2,1H3,(H,18,19). The summed E-state index contributed by atoms with van der Waals surface area (Å²) in [6, 6.07) is 5.10. The van der Waals surface area contributed by atoms with Crippen LogP contribution in [0.15, 0.2) is 24.4 Å². The van der Waals surface area contributed by atoms with Gasteiger partial charge in [0.25, 0.3) is 5.91 Å².